The molecular weight excluding hydrogens is 402 g/mol. The van der Waals surface area contributed by atoms with E-state index < -0.39 is 10.0 Å². The van der Waals surface area contributed by atoms with E-state index in [0.717, 1.165) is 17.1 Å². The molecule has 1 aromatic carbocycles. The Morgan fingerprint density at radius 3 is 2.50 bits per heavy atom. The largest absolute Gasteiger partial charge is 0.467 e. The van der Waals surface area contributed by atoms with Crippen molar-refractivity contribution in [3.63, 3.8) is 0 Å². The molecule has 0 aliphatic rings. The van der Waals surface area contributed by atoms with Crippen LogP contribution in [-0.4, -0.2) is 24.6 Å². The maximum atomic E-state index is 13.0. The van der Waals surface area contributed by atoms with Gasteiger partial charge in [-0.25, -0.2) is 8.42 Å². The van der Waals surface area contributed by atoms with Gasteiger partial charge in [-0.1, -0.05) is 13.0 Å². The molecule has 7 nitrogen and oxygen atoms in total. The fourth-order valence-electron chi connectivity index (χ4n) is 3.39. The van der Waals surface area contributed by atoms with Gasteiger partial charge in [0.15, 0.2) is 0 Å². The van der Waals surface area contributed by atoms with E-state index in [1.54, 1.807) is 31.4 Å². The van der Waals surface area contributed by atoms with Crippen LogP contribution in [0.3, 0.4) is 0 Å². The molecule has 0 saturated carbocycles. The van der Waals surface area contributed by atoms with E-state index in [0.29, 0.717) is 35.5 Å². The van der Waals surface area contributed by atoms with Gasteiger partial charge in [-0.05, 0) is 63.1 Å². The first-order valence-electron chi connectivity index (χ1n) is 9.82. The van der Waals surface area contributed by atoms with E-state index in [1.165, 1.54) is 0 Å². The van der Waals surface area contributed by atoms with E-state index in [1.807, 2.05) is 43.5 Å². The third-order valence-electron chi connectivity index (χ3n) is 5.03. The number of hydrogen-bond donors (Lipinski definition) is 2. The van der Waals surface area contributed by atoms with Gasteiger partial charge >= 0.3 is 0 Å². The molecule has 3 rings (SSSR count). The minimum Gasteiger partial charge on any atom is -0.467 e. The fraction of sp³-hybridized carbons (Fsp3) is 0.318. The van der Waals surface area contributed by atoms with Crippen LogP contribution in [0.2, 0.25) is 0 Å². The normalized spacial score (nSPS) is 11.5. The number of carbonyl (C=O) groups is 1. The van der Waals surface area contributed by atoms with E-state index in [-0.39, 0.29) is 11.7 Å². The number of carbonyl (C=O) groups excluding carboxylic acids is 1. The molecule has 0 unspecified atom stereocenters. The molecular formula is C22H27N3O4S. The number of nitrogens with one attached hydrogen (secondary N) is 2. The van der Waals surface area contributed by atoms with Crippen molar-refractivity contribution in [3.05, 3.63) is 70.9 Å². The molecule has 0 bridgehead atoms. The van der Waals surface area contributed by atoms with Crippen molar-refractivity contribution in [2.75, 3.05) is 15.8 Å². The molecule has 0 aliphatic heterocycles. The monoisotopic (exact) mass is 429 g/mol. The average Bonchev–Trinajstić information content (AvgIpc) is 3.28. The van der Waals surface area contributed by atoms with Gasteiger partial charge in [0, 0.05) is 17.1 Å². The van der Waals surface area contributed by atoms with Crippen molar-refractivity contribution >= 4 is 27.3 Å². The lowest BCUT2D eigenvalue weighted by atomic mass is 10.1. The average molecular weight is 430 g/mol. The zero-order valence-electron chi connectivity index (χ0n) is 17.7. The molecule has 0 atom stereocenters. The molecule has 0 radical (unpaired) electrons. The Kier molecular flexibility index (Phi) is 6.36. The minimum atomic E-state index is -3.41. The number of nitrogens with zero attached hydrogens (tertiary/aromatic N) is 1. The highest BCUT2D eigenvalue weighted by atomic mass is 32.2. The summed E-state index contributed by atoms with van der Waals surface area (Å²) in [6.07, 6.45) is 2.15. The van der Waals surface area contributed by atoms with E-state index >= 15 is 0 Å². The topological polar surface area (TPSA) is 93.3 Å². The Morgan fingerprint density at radius 1 is 1.10 bits per heavy atom. The third kappa shape index (κ3) is 4.76. The van der Waals surface area contributed by atoms with Crippen molar-refractivity contribution in [2.45, 2.75) is 40.7 Å². The summed E-state index contributed by atoms with van der Waals surface area (Å²) in [6.45, 7) is 7.98. The van der Waals surface area contributed by atoms with Crippen molar-refractivity contribution < 1.29 is 17.6 Å². The Hall–Kier alpha value is -3.00. The molecule has 2 aromatic heterocycles. The van der Waals surface area contributed by atoms with Gasteiger partial charge in [0.1, 0.15) is 5.76 Å². The molecule has 8 heteroatoms. The highest BCUT2D eigenvalue weighted by Gasteiger charge is 2.18. The SMILES string of the molecule is CCCS(=O)(=O)Nc1cccc(NC(=O)c2cc(C)n(Cc3ccco3)c2C)c1C. The number of furan rings is 1. The van der Waals surface area contributed by atoms with Gasteiger partial charge in [0.05, 0.1) is 29.8 Å². The number of amides is 1. The van der Waals surface area contributed by atoms with E-state index in [2.05, 4.69) is 10.0 Å². The van der Waals surface area contributed by atoms with Gasteiger partial charge < -0.3 is 14.3 Å². The Labute approximate surface area is 177 Å². The summed E-state index contributed by atoms with van der Waals surface area (Å²) in [7, 11) is -3.41. The molecule has 0 aliphatic carbocycles. The summed E-state index contributed by atoms with van der Waals surface area (Å²) < 4.78 is 34.3. The second-order valence-electron chi connectivity index (χ2n) is 7.30. The Morgan fingerprint density at radius 2 is 1.83 bits per heavy atom. The van der Waals surface area contributed by atoms with Gasteiger partial charge in [0.2, 0.25) is 10.0 Å². The zero-order chi connectivity index (χ0) is 21.9. The Balaban J connectivity index is 1.82. The molecule has 30 heavy (non-hydrogen) atoms. The molecule has 1 amide bonds. The first-order chi connectivity index (χ1) is 14.2. The number of anilines is 2. The van der Waals surface area contributed by atoms with Crippen LogP contribution in [0.1, 0.15) is 46.4 Å². The standard InChI is InChI=1S/C22H27N3O4S/c1-5-12-30(27,28)24-21-10-6-9-20(16(21)3)23-22(26)19-13-15(2)25(17(19)4)14-18-8-7-11-29-18/h6-11,13,24H,5,12,14H2,1-4H3,(H,23,26). The lowest BCUT2D eigenvalue weighted by molar-refractivity contribution is 0.102. The summed E-state index contributed by atoms with van der Waals surface area (Å²) >= 11 is 0. The van der Waals surface area contributed by atoms with Crippen molar-refractivity contribution in [1.82, 2.24) is 4.57 Å². The molecule has 2 heterocycles. The van der Waals surface area contributed by atoms with Gasteiger partial charge in [-0.15, -0.1) is 0 Å². The fourth-order valence-corrected chi connectivity index (χ4v) is 4.59. The van der Waals surface area contributed by atoms with Gasteiger partial charge in [-0.3, -0.25) is 9.52 Å². The van der Waals surface area contributed by atoms with Crippen LogP contribution in [0.15, 0.2) is 47.1 Å². The third-order valence-corrected chi connectivity index (χ3v) is 6.51. The van der Waals surface area contributed by atoms with Gasteiger partial charge in [-0.2, -0.15) is 0 Å². The van der Waals surface area contributed by atoms with Crippen molar-refractivity contribution in [1.29, 1.82) is 0 Å². The van der Waals surface area contributed by atoms with E-state index in [4.69, 9.17) is 4.42 Å². The molecule has 2 N–H and O–H groups in total. The number of sulfonamides is 1. The lowest BCUT2D eigenvalue weighted by Gasteiger charge is -2.14. The van der Waals surface area contributed by atoms with Crippen LogP contribution in [-0.2, 0) is 16.6 Å². The molecule has 0 fully saturated rings. The highest BCUT2D eigenvalue weighted by Crippen LogP contribution is 2.26. The van der Waals surface area contributed by atoms with Crippen LogP contribution in [0, 0.1) is 20.8 Å². The first-order valence-corrected chi connectivity index (χ1v) is 11.5. The number of rotatable bonds is 8. The predicted molar refractivity (Wildman–Crippen MR) is 119 cm³/mol. The van der Waals surface area contributed by atoms with Crippen LogP contribution < -0.4 is 10.0 Å². The molecule has 3 aromatic rings. The van der Waals surface area contributed by atoms with Gasteiger partial charge in [0.25, 0.3) is 5.91 Å². The maximum Gasteiger partial charge on any atom is 0.257 e. The number of aryl methyl sites for hydroxylation is 1. The quantitative estimate of drug-likeness (QED) is 0.553. The number of aromatic nitrogens is 1. The molecule has 160 valence electrons. The number of benzene rings is 1. The predicted octanol–water partition coefficient (Wildman–Crippen LogP) is 4.46. The summed E-state index contributed by atoms with van der Waals surface area (Å²) in [5.41, 5.74) is 4.04. The number of hydrogen-bond acceptors (Lipinski definition) is 4. The van der Waals surface area contributed by atoms with Crippen LogP contribution in [0.5, 0.6) is 0 Å². The maximum absolute atomic E-state index is 13.0. The Bertz CT molecular complexity index is 1150. The minimum absolute atomic E-state index is 0.0463. The van der Waals surface area contributed by atoms with Crippen LogP contribution in [0.25, 0.3) is 0 Å². The first kappa shape index (κ1) is 21.7. The second kappa shape index (κ2) is 8.79. The lowest BCUT2D eigenvalue weighted by Crippen LogP contribution is -2.18. The molecule has 0 saturated heterocycles. The van der Waals surface area contributed by atoms with Crippen LogP contribution in [0.4, 0.5) is 11.4 Å². The van der Waals surface area contributed by atoms with Crippen LogP contribution >= 0.6 is 0 Å². The summed E-state index contributed by atoms with van der Waals surface area (Å²) in [4.78, 5) is 13.0. The second-order valence-corrected chi connectivity index (χ2v) is 9.15. The van der Waals surface area contributed by atoms with Crippen molar-refractivity contribution in [2.24, 2.45) is 0 Å². The smallest absolute Gasteiger partial charge is 0.257 e. The summed E-state index contributed by atoms with van der Waals surface area (Å²) in [6, 6.07) is 10.7. The van der Waals surface area contributed by atoms with E-state index in [9.17, 15) is 13.2 Å². The zero-order valence-corrected chi connectivity index (χ0v) is 18.5. The summed E-state index contributed by atoms with van der Waals surface area (Å²) in [5.74, 6) is 0.613. The summed E-state index contributed by atoms with van der Waals surface area (Å²) in [5, 5.41) is 2.91. The van der Waals surface area contributed by atoms with Crippen molar-refractivity contribution in [3.8, 4) is 0 Å². The molecule has 0 spiro atoms. The highest BCUT2D eigenvalue weighted by molar-refractivity contribution is 7.92.